The van der Waals surface area contributed by atoms with Crippen molar-refractivity contribution in [2.45, 2.75) is 44.7 Å². The quantitative estimate of drug-likeness (QED) is 0.578. The molecular weight excluding hydrogens is 280 g/mol. The lowest BCUT2D eigenvalue weighted by molar-refractivity contribution is 0.180. The lowest BCUT2D eigenvalue weighted by Gasteiger charge is -2.14. The molecule has 0 aliphatic carbocycles. The molecule has 0 aliphatic rings. The van der Waals surface area contributed by atoms with E-state index in [1.165, 1.54) is 7.11 Å². The second-order valence-electron chi connectivity index (χ2n) is 4.78. The number of H-pyrrole nitrogens is 1. The van der Waals surface area contributed by atoms with Gasteiger partial charge in [0.25, 0.3) is 0 Å². The average Bonchev–Trinajstić information content (AvgIpc) is 2.71. The lowest BCUT2D eigenvalue weighted by atomic mass is 10.3. The first kappa shape index (κ1) is 17.1. The molecule has 1 unspecified atom stereocenters. The number of aromatic amines is 1. The molecule has 1 rings (SSSR count). The maximum atomic E-state index is 12.4. The zero-order chi connectivity index (χ0) is 15.2. The summed E-state index contributed by atoms with van der Waals surface area (Å²) in [6.07, 6.45) is 0.981. The number of nitrogens with one attached hydrogen (secondary N) is 3. The van der Waals surface area contributed by atoms with Gasteiger partial charge in [-0.05, 0) is 26.8 Å². The Kier molecular flexibility index (Phi) is 6.60. The molecule has 116 valence electrons. The zero-order valence-electron chi connectivity index (χ0n) is 12.5. The van der Waals surface area contributed by atoms with Gasteiger partial charge in [-0.1, -0.05) is 6.92 Å². The largest absolute Gasteiger partial charge is 0.383 e. The normalized spacial score (nSPS) is 13.6. The molecule has 0 radical (unpaired) electrons. The molecule has 0 fully saturated rings. The van der Waals surface area contributed by atoms with Gasteiger partial charge in [0.15, 0.2) is 0 Å². The first-order valence-electron chi connectivity index (χ1n) is 6.68. The number of aryl methyl sites for hydroxylation is 1. The third-order valence-electron chi connectivity index (χ3n) is 2.72. The molecule has 8 heteroatoms. The third kappa shape index (κ3) is 4.55. The van der Waals surface area contributed by atoms with Crippen LogP contribution in [-0.4, -0.2) is 44.9 Å². The predicted molar refractivity (Wildman–Crippen MR) is 77.0 cm³/mol. The standard InChI is InChI=1S/C12H24N4O3S/c1-5-6-13-7-11-12(10(3)14-15-11)20(17,18)16-9(2)8-19-4/h9,13,16H,5-8H2,1-4H3,(H,14,15). The van der Waals surface area contributed by atoms with Gasteiger partial charge in [-0.2, -0.15) is 5.10 Å². The van der Waals surface area contributed by atoms with Gasteiger partial charge in [0.2, 0.25) is 10.0 Å². The van der Waals surface area contributed by atoms with Crippen LogP contribution >= 0.6 is 0 Å². The van der Waals surface area contributed by atoms with E-state index in [-0.39, 0.29) is 10.9 Å². The van der Waals surface area contributed by atoms with E-state index >= 15 is 0 Å². The smallest absolute Gasteiger partial charge is 0.244 e. The summed E-state index contributed by atoms with van der Waals surface area (Å²) in [5.74, 6) is 0. The van der Waals surface area contributed by atoms with Crippen molar-refractivity contribution in [3.05, 3.63) is 11.4 Å². The Balaban J connectivity index is 2.90. The van der Waals surface area contributed by atoms with Crippen LogP contribution < -0.4 is 10.0 Å². The van der Waals surface area contributed by atoms with Crippen LogP contribution in [0.2, 0.25) is 0 Å². The van der Waals surface area contributed by atoms with E-state index in [0.717, 1.165) is 13.0 Å². The molecular formula is C12H24N4O3S. The summed E-state index contributed by atoms with van der Waals surface area (Å²) in [7, 11) is -2.06. The van der Waals surface area contributed by atoms with E-state index in [1.807, 2.05) is 0 Å². The number of hydrogen-bond acceptors (Lipinski definition) is 5. The molecule has 0 amide bonds. The molecule has 0 spiro atoms. The fourth-order valence-electron chi connectivity index (χ4n) is 1.94. The summed E-state index contributed by atoms with van der Waals surface area (Å²) >= 11 is 0. The van der Waals surface area contributed by atoms with Crippen LogP contribution in [0.1, 0.15) is 31.7 Å². The summed E-state index contributed by atoms with van der Waals surface area (Å²) < 4.78 is 32.3. The maximum Gasteiger partial charge on any atom is 0.244 e. The van der Waals surface area contributed by atoms with Crippen molar-refractivity contribution in [2.75, 3.05) is 20.3 Å². The summed E-state index contributed by atoms with van der Waals surface area (Å²) in [5, 5.41) is 9.96. The second-order valence-corrected chi connectivity index (χ2v) is 6.43. The molecule has 3 N–H and O–H groups in total. The molecule has 1 aromatic heterocycles. The highest BCUT2D eigenvalue weighted by atomic mass is 32.2. The Bertz CT molecular complexity index is 513. The molecule has 1 atom stereocenters. The van der Waals surface area contributed by atoms with E-state index in [9.17, 15) is 8.42 Å². The first-order valence-corrected chi connectivity index (χ1v) is 8.16. The second kappa shape index (κ2) is 7.72. The number of ether oxygens (including phenoxy) is 1. The molecule has 0 bridgehead atoms. The summed E-state index contributed by atoms with van der Waals surface area (Å²) in [6.45, 7) is 7.07. The van der Waals surface area contributed by atoms with Gasteiger partial charge in [0.1, 0.15) is 4.90 Å². The fourth-order valence-corrected chi connectivity index (χ4v) is 3.53. The van der Waals surface area contributed by atoms with Crippen molar-refractivity contribution >= 4 is 10.0 Å². The van der Waals surface area contributed by atoms with E-state index < -0.39 is 10.0 Å². The van der Waals surface area contributed by atoms with Crippen molar-refractivity contribution in [3.63, 3.8) is 0 Å². The number of hydrogen-bond donors (Lipinski definition) is 3. The first-order chi connectivity index (χ1) is 9.42. The maximum absolute atomic E-state index is 12.4. The highest BCUT2D eigenvalue weighted by Gasteiger charge is 2.25. The number of sulfonamides is 1. The Morgan fingerprint density at radius 3 is 2.75 bits per heavy atom. The number of aromatic nitrogens is 2. The Morgan fingerprint density at radius 1 is 1.45 bits per heavy atom. The topological polar surface area (TPSA) is 96.1 Å². The molecule has 0 saturated carbocycles. The minimum absolute atomic E-state index is 0.226. The van der Waals surface area contributed by atoms with Gasteiger partial charge >= 0.3 is 0 Å². The molecule has 1 aromatic rings. The monoisotopic (exact) mass is 304 g/mol. The molecule has 0 aromatic carbocycles. The lowest BCUT2D eigenvalue weighted by Crippen LogP contribution is -2.36. The summed E-state index contributed by atoms with van der Waals surface area (Å²) in [4.78, 5) is 0.226. The van der Waals surface area contributed by atoms with Gasteiger partial charge in [0, 0.05) is 19.7 Å². The summed E-state index contributed by atoms with van der Waals surface area (Å²) in [6, 6.07) is -0.296. The highest BCUT2D eigenvalue weighted by molar-refractivity contribution is 7.89. The van der Waals surface area contributed by atoms with Crippen LogP contribution in [-0.2, 0) is 21.3 Å². The van der Waals surface area contributed by atoms with Crippen LogP contribution in [0.4, 0.5) is 0 Å². The van der Waals surface area contributed by atoms with E-state index in [2.05, 4.69) is 27.2 Å². The van der Waals surface area contributed by atoms with Crippen LogP contribution in [0, 0.1) is 6.92 Å². The van der Waals surface area contributed by atoms with Crippen molar-refractivity contribution < 1.29 is 13.2 Å². The molecule has 1 heterocycles. The number of rotatable bonds is 9. The van der Waals surface area contributed by atoms with Crippen molar-refractivity contribution in [1.29, 1.82) is 0 Å². The highest BCUT2D eigenvalue weighted by Crippen LogP contribution is 2.17. The van der Waals surface area contributed by atoms with Crippen LogP contribution in [0.3, 0.4) is 0 Å². The third-order valence-corrected chi connectivity index (χ3v) is 4.51. The molecule has 20 heavy (non-hydrogen) atoms. The Labute approximate surface area is 120 Å². The van der Waals surface area contributed by atoms with Crippen molar-refractivity contribution in [1.82, 2.24) is 20.2 Å². The zero-order valence-corrected chi connectivity index (χ0v) is 13.3. The van der Waals surface area contributed by atoms with Crippen LogP contribution in [0.5, 0.6) is 0 Å². The number of nitrogens with zero attached hydrogens (tertiary/aromatic N) is 1. The van der Waals surface area contributed by atoms with Gasteiger partial charge < -0.3 is 10.1 Å². The Morgan fingerprint density at radius 2 is 2.15 bits per heavy atom. The average molecular weight is 304 g/mol. The Hall–Kier alpha value is -0.960. The summed E-state index contributed by atoms with van der Waals surface area (Å²) in [5.41, 5.74) is 1.04. The molecule has 7 nitrogen and oxygen atoms in total. The predicted octanol–water partition coefficient (Wildman–Crippen LogP) is 0.531. The van der Waals surface area contributed by atoms with Crippen molar-refractivity contribution in [2.24, 2.45) is 0 Å². The minimum atomic E-state index is -3.60. The number of methoxy groups -OCH3 is 1. The van der Waals surface area contributed by atoms with Crippen molar-refractivity contribution in [3.8, 4) is 0 Å². The van der Waals surface area contributed by atoms with Crippen LogP contribution in [0.15, 0.2) is 4.90 Å². The van der Waals surface area contributed by atoms with Crippen LogP contribution in [0.25, 0.3) is 0 Å². The van der Waals surface area contributed by atoms with Gasteiger partial charge in [-0.15, -0.1) is 0 Å². The van der Waals surface area contributed by atoms with E-state index in [1.54, 1.807) is 13.8 Å². The van der Waals surface area contributed by atoms with E-state index in [0.29, 0.717) is 24.5 Å². The SMILES string of the molecule is CCCNCc1n[nH]c(C)c1S(=O)(=O)NC(C)COC. The van der Waals surface area contributed by atoms with Gasteiger partial charge in [0.05, 0.1) is 18.0 Å². The minimum Gasteiger partial charge on any atom is -0.383 e. The molecule has 0 aliphatic heterocycles. The van der Waals surface area contributed by atoms with Gasteiger partial charge in [-0.3, -0.25) is 5.10 Å². The molecule has 0 saturated heterocycles. The van der Waals surface area contributed by atoms with E-state index in [4.69, 9.17) is 4.74 Å². The fraction of sp³-hybridized carbons (Fsp3) is 0.750. The van der Waals surface area contributed by atoms with Gasteiger partial charge in [-0.25, -0.2) is 13.1 Å².